The Labute approximate surface area is 138 Å². The summed E-state index contributed by atoms with van der Waals surface area (Å²) in [5, 5.41) is 6.62. The Morgan fingerprint density at radius 1 is 1.22 bits per heavy atom. The Morgan fingerprint density at radius 3 is 2.74 bits per heavy atom. The van der Waals surface area contributed by atoms with Gasteiger partial charge in [-0.1, -0.05) is 24.3 Å². The number of carbonyl (C=O) groups excluding carboxylic acids is 1. The Balaban J connectivity index is 1.86. The maximum Gasteiger partial charge on any atom is 0.223 e. The van der Waals surface area contributed by atoms with Crippen molar-refractivity contribution in [3.05, 3.63) is 36.5 Å². The van der Waals surface area contributed by atoms with Crippen LogP contribution in [0.1, 0.15) is 20.3 Å². The average molecular weight is 326 g/mol. The van der Waals surface area contributed by atoms with Crippen molar-refractivity contribution in [2.45, 2.75) is 20.3 Å². The van der Waals surface area contributed by atoms with Crippen LogP contribution in [0.5, 0.6) is 0 Å². The third-order valence-corrected chi connectivity index (χ3v) is 4.26. The van der Waals surface area contributed by atoms with Gasteiger partial charge in [0.1, 0.15) is 5.82 Å². The average Bonchev–Trinajstić information content (AvgIpc) is 2.93. The third-order valence-electron chi connectivity index (χ3n) is 3.32. The van der Waals surface area contributed by atoms with Crippen molar-refractivity contribution >= 4 is 38.4 Å². The van der Waals surface area contributed by atoms with Crippen molar-refractivity contribution in [1.29, 1.82) is 0 Å². The first-order valence-corrected chi connectivity index (χ1v) is 8.36. The number of thiazole rings is 1. The molecule has 2 heterocycles. The van der Waals surface area contributed by atoms with Crippen molar-refractivity contribution < 1.29 is 4.79 Å². The fourth-order valence-corrected chi connectivity index (χ4v) is 3.18. The first-order valence-electron chi connectivity index (χ1n) is 7.54. The van der Waals surface area contributed by atoms with E-state index < -0.39 is 0 Å². The molecule has 118 valence electrons. The molecular formula is C17H18N4OS. The van der Waals surface area contributed by atoms with E-state index in [2.05, 4.69) is 39.7 Å². The van der Waals surface area contributed by atoms with Crippen molar-refractivity contribution in [2.75, 3.05) is 17.2 Å². The van der Waals surface area contributed by atoms with Gasteiger partial charge in [-0.25, -0.2) is 9.97 Å². The molecule has 2 aromatic heterocycles. The van der Waals surface area contributed by atoms with Crippen molar-refractivity contribution in [1.82, 2.24) is 9.97 Å². The van der Waals surface area contributed by atoms with E-state index in [-0.39, 0.29) is 5.91 Å². The zero-order chi connectivity index (χ0) is 16.2. The second-order valence-corrected chi connectivity index (χ2v) is 6.27. The van der Waals surface area contributed by atoms with E-state index in [1.54, 1.807) is 0 Å². The summed E-state index contributed by atoms with van der Waals surface area (Å²) in [6, 6.07) is 10.1. The maximum atomic E-state index is 11.1. The highest BCUT2D eigenvalue weighted by Crippen LogP contribution is 2.30. The van der Waals surface area contributed by atoms with Crippen LogP contribution in [0.2, 0.25) is 0 Å². The Kier molecular flexibility index (Phi) is 4.52. The number of nitrogens with one attached hydrogen (secondary N) is 2. The minimum Gasteiger partial charge on any atom is -0.370 e. The minimum absolute atomic E-state index is 0.108. The predicted octanol–water partition coefficient (Wildman–Crippen LogP) is 4.14. The molecule has 0 aliphatic carbocycles. The largest absolute Gasteiger partial charge is 0.370 e. The topological polar surface area (TPSA) is 66.9 Å². The molecule has 0 saturated heterocycles. The zero-order valence-corrected chi connectivity index (χ0v) is 13.9. The molecule has 6 heteroatoms. The Morgan fingerprint density at radius 2 is 2.04 bits per heavy atom. The second kappa shape index (κ2) is 6.75. The number of hydrogen-bond acceptors (Lipinski definition) is 5. The van der Waals surface area contributed by atoms with Gasteiger partial charge in [0.15, 0.2) is 5.13 Å². The molecule has 1 amide bonds. The summed E-state index contributed by atoms with van der Waals surface area (Å²) in [7, 11) is 0. The van der Waals surface area contributed by atoms with Crippen molar-refractivity contribution in [3.63, 3.8) is 0 Å². The summed E-state index contributed by atoms with van der Waals surface area (Å²) in [5.41, 5.74) is 3.03. The van der Waals surface area contributed by atoms with Crippen LogP contribution in [-0.4, -0.2) is 22.4 Å². The van der Waals surface area contributed by atoms with Gasteiger partial charge in [-0.3, -0.25) is 4.79 Å². The highest BCUT2D eigenvalue weighted by molar-refractivity contribution is 7.22. The van der Waals surface area contributed by atoms with E-state index in [1.807, 2.05) is 24.4 Å². The van der Waals surface area contributed by atoms with Gasteiger partial charge >= 0.3 is 0 Å². The molecule has 0 unspecified atom stereocenters. The summed E-state index contributed by atoms with van der Waals surface area (Å²) >= 11 is 1.47. The minimum atomic E-state index is -0.108. The molecule has 0 aliphatic heterocycles. The van der Waals surface area contributed by atoms with Crippen molar-refractivity contribution in [2.24, 2.45) is 0 Å². The number of amides is 1. The summed E-state index contributed by atoms with van der Waals surface area (Å²) in [6.07, 6.45) is 2.94. The molecule has 0 saturated carbocycles. The molecule has 3 aromatic rings. The number of pyridine rings is 1. The highest BCUT2D eigenvalue weighted by atomic mass is 32.1. The molecular weight excluding hydrogens is 308 g/mol. The van der Waals surface area contributed by atoms with Crippen LogP contribution in [0.25, 0.3) is 21.3 Å². The number of carbonyl (C=O) groups is 1. The van der Waals surface area contributed by atoms with Gasteiger partial charge in [0.05, 0.1) is 10.2 Å². The van der Waals surface area contributed by atoms with Crippen LogP contribution in [-0.2, 0) is 4.79 Å². The molecule has 0 aliphatic rings. The van der Waals surface area contributed by atoms with Gasteiger partial charge in [-0.2, -0.15) is 0 Å². The fraction of sp³-hybridized carbons (Fsp3) is 0.235. The standard InChI is InChI=1S/C17H18N4OS/c1-3-8-18-16-7-5-13(10-19-16)12-4-6-14-15(9-12)23-17(21-14)20-11(2)22/h4-7,9-10H,3,8H2,1-2H3,(H,18,19)(H,20,21,22). The third kappa shape index (κ3) is 3.65. The number of nitrogens with zero attached hydrogens (tertiary/aromatic N) is 2. The van der Waals surface area contributed by atoms with Crippen LogP contribution in [0.4, 0.5) is 10.9 Å². The number of fused-ring (bicyclic) bond motifs is 1. The van der Waals surface area contributed by atoms with E-state index >= 15 is 0 Å². The number of rotatable bonds is 5. The van der Waals surface area contributed by atoms with Gasteiger partial charge in [-0.15, -0.1) is 0 Å². The highest BCUT2D eigenvalue weighted by Gasteiger charge is 2.07. The van der Waals surface area contributed by atoms with Crippen LogP contribution in [0.3, 0.4) is 0 Å². The number of aromatic nitrogens is 2. The van der Waals surface area contributed by atoms with Crippen LogP contribution >= 0.6 is 11.3 Å². The summed E-state index contributed by atoms with van der Waals surface area (Å²) < 4.78 is 1.04. The molecule has 0 bridgehead atoms. The quantitative estimate of drug-likeness (QED) is 0.739. The lowest BCUT2D eigenvalue weighted by molar-refractivity contribution is -0.114. The lowest BCUT2D eigenvalue weighted by atomic mass is 10.1. The van der Waals surface area contributed by atoms with Crippen LogP contribution < -0.4 is 10.6 Å². The van der Waals surface area contributed by atoms with Crippen molar-refractivity contribution in [3.8, 4) is 11.1 Å². The normalized spacial score (nSPS) is 10.7. The SMILES string of the molecule is CCCNc1ccc(-c2ccc3nc(NC(C)=O)sc3c2)cn1. The Bertz CT molecular complexity index is 826. The first-order chi connectivity index (χ1) is 11.2. The predicted molar refractivity (Wildman–Crippen MR) is 95.9 cm³/mol. The van der Waals surface area contributed by atoms with Gasteiger partial charge in [0.25, 0.3) is 0 Å². The molecule has 23 heavy (non-hydrogen) atoms. The lowest BCUT2D eigenvalue weighted by Crippen LogP contribution is -2.04. The maximum absolute atomic E-state index is 11.1. The molecule has 1 aromatic carbocycles. The van der Waals surface area contributed by atoms with E-state index in [0.29, 0.717) is 5.13 Å². The summed E-state index contributed by atoms with van der Waals surface area (Å²) in [4.78, 5) is 20.0. The fourth-order valence-electron chi connectivity index (χ4n) is 2.23. The zero-order valence-electron chi connectivity index (χ0n) is 13.1. The van der Waals surface area contributed by atoms with Crippen LogP contribution in [0, 0.1) is 0 Å². The summed E-state index contributed by atoms with van der Waals surface area (Å²) in [5.74, 6) is 0.783. The molecule has 5 nitrogen and oxygen atoms in total. The molecule has 2 N–H and O–H groups in total. The Hall–Kier alpha value is -2.47. The second-order valence-electron chi connectivity index (χ2n) is 5.24. The summed E-state index contributed by atoms with van der Waals surface area (Å²) in [6.45, 7) is 4.53. The molecule has 0 atom stereocenters. The first kappa shape index (κ1) is 15.4. The van der Waals surface area contributed by atoms with Gasteiger partial charge in [0.2, 0.25) is 5.91 Å². The smallest absolute Gasteiger partial charge is 0.223 e. The van der Waals surface area contributed by atoms with E-state index in [9.17, 15) is 4.79 Å². The monoisotopic (exact) mass is 326 g/mol. The molecule has 3 rings (SSSR count). The van der Waals surface area contributed by atoms with Gasteiger partial charge in [0, 0.05) is 25.2 Å². The van der Waals surface area contributed by atoms with E-state index in [0.717, 1.165) is 40.1 Å². The van der Waals surface area contributed by atoms with E-state index in [1.165, 1.54) is 18.3 Å². The molecule has 0 radical (unpaired) electrons. The number of benzene rings is 1. The van der Waals surface area contributed by atoms with Gasteiger partial charge < -0.3 is 10.6 Å². The number of anilines is 2. The van der Waals surface area contributed by atoms with E-state index in [4.69, 9.17) is 0 Å². The molecule has 0 fully saturated rings. The van der Waals surface area contributed by atoms with Crippen LogP contribution in [0.15, 0.2) is 36.5 Å². The van der Waals surface area contributed by atoms with Gasteiger partial charge in [-0.05, 0) is 36.2 Å². The molecule has 0 spiro atoms. The number of hydrogen-bond donors (Lipinski definition) is 2. The lowest BCUT2D eigenvalue weighted by Gasteiger charge is -2.05.